The average molecular weight is 365 g/mol. The standard InChI is InChI=1S/C17H17ClN2O3S/c1-11(15-5-3-4-6-16(15)18)19-17(21)12(2)24-14-9-7-13(8-10-14)20(22)23/h3-12H,1-2H3,(H,19,21). The molecule has 0 fully saturated rings. The highest BCUT2D eigenvalue weighted by atomic mass is 35.5. The fourth-order valence-corrected chi connectivity index (χ4v) is 3.31. The average Bonchev–Trinajstić information content (AvgIpc) is 2.55. The molecule has 24 heavy (non-hydrogen) atoms. The van der Waals surface area contributed by atoms with E-state index < -0.39 is 4.92 Å². The van der Waals surface area contributed by atoms with Gasteiger partial charge in [-0.05, 0) is 37.6 Å². The lowest BCUT2D eigenvalue weighted by molar-refractivity contribution is -0.384. The smallest absolute Gasteiger partial charge is 0.269 e. The van der Waals surface area contributed by atoms with Crippen LogP contribution in [0.25, 0.3) is 0 Å². The van der Waals surface area contributed by atoms with E-state index in [1.165, 1.54) is 23.9 Å². The maximum Gasteiger partial charge on any atom is 0.269 e. The van der Waals surface area contributed by atoms with E-state index in [4.69, 9.17) is 11.6 Å². The van der Waals surface area contributed by atoms with Gasteiger partial charge in [0.2, 0.25) is 5.91 Å². The summed E-state index contributed by atoms with van der Waals surface area (Å²) in [6, 6.07) is 13.3. The maximum atomic E-state index is 12.3. The first-order chi connectivity index (χ1) is 11.4. The minimum absolute atomic E-state index is 0.0313. The summed E-state index contributed by atoms with van der Waals surface area (Å²) in [5.41, 5.74) is 0.892. The third-order valence-corrected chi connectivity index (χ3v) is 4.92. The Balaban J connectivity index is 1.97. The van der Waals surface area contributed by atoms with Gasteiger partial charge < -0.3 is 5.32 Å². The Labute approximate surface area is 149 Å². The number of rotatable bonds is 6. The molecule has 0 aromatic heterocycles. The van der Waals surface area contributed by atoms with Crippen molar-refractivity contribution in [2.24, 2.45) is 0 Å². The molecular weight excluding hydrogens is 348 g/mol. The zero-order chi connectivity index (χ0) is 17.7. The zero-order valence-corrected chi connectivity index (χ0v) is 14.8. The lowest BCUT2D eigenvalue weighted by atomic mass is 10.1. The molecule has 0 heterocycles. The van der Waals surface area contributed by atoms with Crippen LogP contribution in [0.4, 0.5) is 5.69 Å². The highest BCUT2D eigenvalue weighted by molar-refractivity contribution is 8.00. The third kappa shape index (κ3) is 4.72. The molecule has 1 N–H and O–H groups in total. The molecule has 2 aromatic rings. The van der Waals surface area contributed by atoms with Crippen LogP contribution in [-0.2, 0) is 4.79 Å². The molecule has 1 amide bonds. The molecule has 2 rings (SSSR count). The van der Waals surface area contributed by atoms with Gasteiger partial charge in [0.15, 0.2) is 0 Å². The Bertz CT molecular complexity index is 737. The van der Waals surface area contributed by atoms with Crippen LogP contribution in [-0.4, -0.2) is 16.1 Å². The first kappa shape index (κ1) is 18.3. The van der Waals surface area contributed by atoms with Crippen molar-refractivity contribution in [2.45, 2.75) is 30.0 Å². The van der Waals surface area contributed by atoms with Gasteiger partial charge in [-0.15, -0.1) is 11.8 Å². The van der Waals surface area contributed by atoms with Crippen LogP contribution >= 0.6 is 23.4 Å². The normalized spacial score (nSPS) is 13.1. The van der Waals surface area contributed by atoms with Crippen LogP contribution in [0.3, 0.4) is 0 Å². The first-order valence-corrected chi connectivity index (χ1v) is 8.60. The Morgan fingerprint density at radius 1 is 1.17 bits per heavy atom. The van der Waals surface area contributed by atoms with Gasteiger partial charge in [-0.1, -0.05) is 29.8 Å². The molecule has 7 heteroatoms. The first-order valence-electron chi connectivity index (χ1n) is 7.34. The second-order valence-corrected chi connectivity index (χ2v) is 7.08. The van der Waals surface area contributed by atoms with Gasteiger partial charge in [-0.25, -0.2) is 0 Å². The van der Waals surface area contributed by atoms with E-state index in [1.807, 2.05) is 25.1 Å². The molecule has 0 saturated heterocycles. The SMILES string of the molecule is CC(Sc1ccc([N+](=O)[O-])cc1)C(=O)NC(C)c1ccccc1Cl. The summed E-state index contributed by atoms with van der Waals surface area (Å²) in [7, 11) is 0. The second-order valence-electron chi connectivity index (χ2n) is 5.26. The summed E-state index contributed by atoms with van der Waals surface area (Å²) in [5.74, 6) is -0.120. The van der Waals surface area contributed by atoms with Crippen molar-refractivity contribution in [3.05, 3.63) is 69.2 Å². The van der Waals surface area contributed by atoms with Crippen molar-refractivity contribution in [2.75, 3.05) is 0 Å². The highest BCUT2D eigenvalue weighted by Crippen LogP contribution is 2.27. The Hall–Kier alpha value is -2.05. The van der Waals surface area contributed by atoms with Crippen LogP contribution in [0, 0.1) is 10.1 Å². The van der Waals surface area contributed by atoms with E-state index in [2.05, 4.69) is 5.32 Å². The Morgan fingerprint density at radius 2 is 1.79 bits per heavy atom. The number of halogens is 1. The number of carbonyl (C=O) groups excluding carboxylic acids is 1. The van der Waals surface area contributed by atoms with Crippen molar-refractivity contribution in [3.8, 4) is 0 Å². The summed E-state index contributed by atoms with van der Waals surface area (Å²) >= 11 is 7.49. The van der Waals surface area contributed by atoms with Crippen molar-refractivity contribution in [1.82, 2.24) is 5.32 Å². The quantitative estimate of drug-likeness (QED) is 0.461. The minimum Gasteiger partial charge on any atom is -0.349 e. The van der Waals surface area contributed by atoms with Gasteiger partial charge in [0.1, 0.15) is 0 Å². The lowest BCUT2D eigenvalue weighted by Crippen LogP contribution is -2.33. The summed E-state index contributed by atoms with van der Waals surface area (Å²) < 4.78 is 0. The number of non-ortho nitro benzene ring substituents is 1. The van der Waals surface area contributed by atoms with Crippen molar-refractivity contribution in [3.63, 3.8) is 0 Å². The topological polar surface area (TPSA) is 72.2 Å². The van der Waals surface area contributed by atoms with E-state index in [0.29, 0.717) is 5.02 Å². The van der Waals surface area contributed by atoms with E-state index >= 15 is 0 Å². The highest BCUT2D eigenvalue weighted by Gasteiger charge is 2.18. The van der Waals surface area contributed by atoms with Crippen molar-refractivity contribution < 1.29 is 9.72 Å². The van der Waals surface area contributed by atoms with Crippen molar-refractivity contribution in [1.29, 1.82) is 0 Å². The van der Waals surface area contributed by atoms with Gasteiger partial charge in [-0.2, -0.15) is 0 Å². The number of benzene rings is 2. The predicted octanol–water partition coefficient (Wildman–Crippen LogP) is 4.61. The number of nitro benzene ring substituents is 1. The van der Waals surface area contributed by atoms with E-state index in [-0.39, 0.29) is 22.9 Å². The van der Waals surface area contributed by atoms with Crippen LogP contribution < -0.4 is 5.32 Å². The van der Waals surface area contributed by atoms with Gasteiger partial charge in [-0.3, -0.25) is 14.9 Å². The van der Waals surface area contributed by atoms with Crippen LogP contribution in [0.2, 0.25) is 5.02 Å². The van der Waals surface area contributed by atoms with Gasteiger partial charge in [0.25, 0.3) is 5.69 Å². The molecule has 0 aliphatic carbocycles. The summed E-state index contributed by atoms with van der Waals surface area (Å²) in [6.07, 6.45) is 0. The largest absolute Gasteiger partial charge is 0.349 e. The number of amides is 1. The zero-order valence-electron chi connectivity index (χ0n) is 13.2. The van der Waals surface area contributed by atoms with Gasteiger partial charge >= 0.3 is 0 Å². The molecule has 0 bridgehead atoms. The molecule has 0 radical (unpaired) electrons. The third-order valence-electron chi connectivity index (χ3n) is 3.46. The van der Waals surface area contributed by atoms with Crippen LogP contribution in [0.15, 0.2) is 53.4 Å². The molecule has 2 unspecified atom stereocenters. The number of hydrogen-bond acceptors (Lipinski definition) is 4. The van der Waals surface area contributed by atoms with Crippen LogP contribution in [0.1, 0.15) is 25.5 Å². The number of carbonyl (C=O) groups is 1. The second kappa shape index (κ2) is 8.17. The molecule has 2 atom stereocenters. The van der Waals surface area contributed by atoms with Gasteiger partial charge in [0.05, 0.1) is 16.2 Å². The molecule has 126 valence electrons. The molecule has 2 aromatic carbocycles. The summed E-state index contributed by atoms with van der Waals surface area (Å²) in [4.78, 5) is 23.3. The monoisotopic (exact) mass is 364 g/mol. The summed E-state index contributed by atoms with van der Waals surface area (Å²) in [5, 5.41) is 13.9. The number of thioether (sulfide) groups is 1. The number of nitro groups is 1. The van der Waals surface area contributed by atoms with Crippen molar-refractivity contribution >= 4 is 35.0 Å². The van der Waals surface area contributed by atoms with E-state index in [1.54, 1.807) is 25.1 Å². The molecule has 5 nitrogen and oxygen atoms in total. The molecule has 0 aliphatic rings. The molecule has 0 aliphatic heterocycles. The fraction of sp³-hybridized carbons (Fsp3) is 0.235. The summed E-state index contributed by atoms with van der Waals surface area (Å²) in [6.45, 7) is 3.67. The lowest BCUT2D eigenvalue weighted by Gasteiger charge is -2.18. The predicted molar refractivity (Wildman–Crippen MR) is 96.4 cm³/mol. The number of hydrogen-bond donors (Lipinski definition) is 1. The molecular formula is C17H17ClN2O3S. The Morgan fingerprint density at radius 3 is 2.38 bits per heavy atom. The van der Waals surface area contributed by atoms with E-state index in [9.17, 15) is 14.9 Å². The minimum atomic E-state index is -0.449. The Kier molecular flexibility index (Phi) is 6.23. The number of nitrogens with zero attached hydrogens (tertiary/aromatic N) is 1. The number of nitrogens with one attached hydrogen (secondary N) is 1. The van der Waals surface area contributed by atoms with E-state index in [0.717, 1.165) is 10.5 Å². The molecule has 0 saturated carbocycles. The van der Waals surface area contributed by atoms with Gasteiger partial charge in [0, 0.05) is 22.1 Å². The fourth-order valence-electron chi connectivity index (χ4n) is 2.14. The van der Waals surface area contributed by atoms with Crippen LogP contribution in [0.5, 0.6) is 0 Å². The molecule has 0 spiro atoms. The maximum absolute atomic E-state index is 12.3.